The lowest BCUT2D eigenvalue weighted by molar-refractivity contribution is 0.962. The van der Waals surface area contributed by atoms with Gasteiger partial charge in [-0.05, 0) is 41.6 Å². The summed E-state index contributed by atoms with van der Waals surface area (Å²) in [5, 5.41) is 9.91. The molecular weight excluding hydrogens is 343 g/mol. The fourth-order valence-corrected chi connectivity index (χ4v) is 2.62. The van der Waals surface area contributed by atoms with Crippen LogP contribution in [-0.4, -0.2) is 10.2 Å². The maximum absolute atomic E-state index is 5.94. The lowest BCUT2D eigenvalue weighted by Crippen LogP contribution is -1.81. The van der Waals surface area contributed by atoms with Crippen LogP contribution in [0.2, 0.25) is 0 Å². The van der Waals surface area contributed by atoms with Gasteiger partial charge in [-0.3, -0.25) is 0 Å². The standard InChI is InChI=1S/C10H8ClIN2S/c1-6(11)9-13-14-10(15-9)7-3-2-4-8(12)5-7/h2-6H,1H3. The zero-order chi connectivity index (χ0) is 10.8. The largest absolute Gasteiger partial charge is 0.147 e. The minimum atomic E-state index is -0.0703. The van der Waals surface area contributed by atoms with Gasteiger partial charge in [0.2, 0.25) is 0 Å². The maximum Gasteiger partial charge on any atom is 0.147 e. The quantitative estimate of drug-likeness (QED) is 0.602. The SMILES string of the molecule is CC(Cl)c1nnc(-c2cccc(I)c2)s1. The summed E-state index contributed by atoms with van der Waals surface area (Å²) in [6, 6.07) is 8.19. The van der Waals surface area contributed by atoms with Crippen LogP contribution in [0.1, 0.15) is 17.3 Å². The molecule has 0 N–H and O–H groups in total. The van der Waals surface area contributed by atoms with Crippen molar-refractivity contribution in [2.75, 3.05) is 0 Å². The van der Waals surface area contributed by atoms with Crippen LogP contribution in [0.4, 0.5) is 0 Å². The zero-order valence-corrected chi connectivity index (χ0v) is 11.7. The monoisotopic (exact) mass is 350 g/mol. The second-order valence-electron chi connectivity index (χ2n) is 3.07. The summed E-state index contributed by atoms with van der Waals surface area (Å²) in [7, 11) is 0. The average molecular weight is 351 g/mol. The predicted octanol–water partition coefficient (Wildman–Crippen LogP) is 4.11. The van der Waals surface area contributed by atoms with Crippen molar-refractivity contribution in [2.24, 2.45) is 0 Å². The van der Waals surface area contributed by atoms with Gasteiger partial charge in [-0.25, -0.2) is 0 Å². The lowest BCUT2D eigenvalue weighted by atomic mass is 10.2. The Morgan fingerprint density at radius 1 is 1.40 bits per heavy atom. The molecule has 2 nitrogen and oxygen atoms in total. The first-order valence-electron chi connectivity index (χ1n) is 4.40. The Morgan fingerprint density at radius 3 is 2.80 bits per heavy atom. The Kier molecular flexibility index (Phi) is 3.58. The van der Waals surface area contributed by atoms with Crippen molar-refractivity contribution in [3.05, 3.63) is 32.8 Å². The third kappa shape index (κ3) is 2.68. The highest BCUT2D eigenvalue weighted by Crippen LogP contribution is 2.29. The molecule has 1 unspecified atom stereocenters. The third-order valence-corrected chi connectivity index (χ3v) is 4.01. The van der Waals surface area contributed by atoms with E-state index in [2.05, 4.69) is 44.9 Å². The molecule has 0 spiro atoms. The number of benzene rings is 1. The first-order valence-corrected chi connectivity index (χ1v) is 6.73. The maximum atomic E-state index is 5.94. The van der Waals surface area contributed by atoms with Gasteiger partial charge in [-0.2, -0.15) is 0 Å². The van der Waals surface area contributed by atoms with E-state index in [0.29, 0.717) is 0 Å². The number of nitrogens with zero attached hydrogens (tertiary/aromatic N) is 2. The van der Waals surface area contributed by atoms with E-state index in [1.54, 1.807) is 11.3 Å². The fraction of sp³-hybridized carbons (Fsp3) is 0.200. The van der Waals surface area contributed by atoms with Crippen LogP contribution in [0.5, 0.6) is 0 Å². The molecule has 0 aliphatic rings. The second kappa shape index (κ2) is 4.76. The minimum absolute atomic E-state index is 0.0703. The van der Waals surface area contributed by atoms with E-state index >= 15 is 0 Å². The Balaban J connectivity index is 2.37. The van der Waals surface area contributed by atoms with Gasteiger partial charge in [-0.1, -0.05) is 23.5 Å². The van der Waals surface area contributed by atoms with Gasteiger partial charge in [0.05, 0.1) is 5.38 Å². The Bertz CT molecular complexity index is 470. The molecule has 1 aromatic heterocycles. The smallest absolute Gasteiger partial charge is 0.142 e. The van der Waals surface area contributed by atoms with Crippen LogP contribution < -0.4 is 0 Å². The van der Waals surface area contributed by atoms with Gasteiger partial charge in [0.15, 0.2) is 0 Å². The van der Waals surface area contributed by atoms with Gasteiger partial charge in [-0.15, -0.1) is 21.8 Å². The number of aromatic nitrogens is 2. The van der Waals surface area contributed by atoms with Crippen molar-refractivity contribution in [1.29, 1.82) is 0 Å². The van der Waals surface area contributed by atoms with Gasteiger partial charge in [0.25, 0.3) is 0 Å². The van der Waals surface area contributed by atoms with Crippen LogP contribution >= 0.6 is 45.5 Å². The molecule has 0 saturated heterocycles. The van der Waals surface area contributed by atoms with Gasteiger partial charge >= 0.3 is 0 Å². The van der Waals surface area contributed by atoms with Crippen LogP contribution in [0.3, 0.4) is 0 Å². The minimum Gasteiger partial charge on any atom is -0.142 e. The van der Waals surface area contributed by atoms with Crippen molar-refractivity contribution >= 4 is 45.5 Å². The number of hydrogen-bond acceptors (Lipinski definition) is 3. The Morgan fingerprint density at radius 2 is 2.20 bits per heavy atom. The molecule has 0 amide bonds. The second-order valence-corrected chi connectivity index (χ2v) is 5.98. The van der Waals surface area contributed by atoms with Crippen LogP contribution in [0.15, 0.2) is 24.3 Å². The summed E-state index contributed by atoms with van der Waals surface area (Å²) in [5.41, 5.74) is 1.10. The van der Waals surface area contributed by atoms with E-state index in [9.17, 15) is 0 Å². The summed E-state index contributed by atoms with van der Waals surface area (Å²) >= 11 is 9.77. The first kappa shape index (κ1) is 11.3. The molecule has 78 valence electrons. The molecule has 0 radical (unpaired) electrons. The summed E-state index contributed by atoms with van der Waals surface area (Å²) in [5.74, 6) is 0. The molecule has 0 aliphatic heterocycles. The molecule has 1 heterocycles. The van der Waals surface area contributed by atoms with E-state index in [4.69, 9.17) is 11.6 Å². The average Bonchev–Trinajstić information content (AvgIpc) is 2.66. The molecular formula is C10H8ClIN2S. The van der Waals surface area contributed by atoms with Crippen LogP contribution in [0, 0.1) is 3.57 Å². The Hall–Kier alpha value is -0.200. The molecule has 1 atom stereocenters. The molecule has 0 aliphatic carbocycles. The van der Waals surface area contributed by atoms with Gasteiger partial charge < -0.3 is 0 Å². The van der Waals surface area contributed by atoms with Gasteiger partial charge in [0, 0.05) is 9.13 Å². The zero-order valence-electron chi connectivity index (χ0n) is 7.95. The topological polar surface area (TPSA) is 25.8 Å². The molecule has 1 aromatic carbocycles. The first-order chi connectivity index (χ1) is 7.16. The van der Waals surface area contributed by atoms with E-state index in [1.165, 1.54) is 3.57 Å². The van der Waals surface area contributed by atoms with Crippen molar-refractivity contribution in [1.82, 2.24) is 10.2 Å². The highest BCUT2D eigenvalue weighted by molar-refractivity contribution is 14.1. The summed E-state index contributed by atoms with van der Waals surface area (Å²) < 4.78 is 1.20. The summed E-state index contributed by atoms with van der Waals surface area (Å²) in [4.78, 5) is 0. The highest BCUT2D eigenvalue weighted by Gasteiger charge is 2.10. The van der Waals surface area contributed by atoms with E-state index < -0.39 is 0 Å². The van der Waals surface area contributed by atoms with E-state index in [-0.39, 0.29) is 5.38 Å². The number of halogens is 2. The van der Waals surface area contributed by atoms with E-state index in [1.807, 2.05) is 19.1 Å². The number of rotatable bonds is 2. The predicted molar refractivity (Wildman–Crippen MR) is 72.3 cm³/mol. The Labute approximate surface area is 111 Å². The highest BCUT2D eigenvalue weighted by atomic mass is 127. The third-order valence-electron chi connectivity index (χ3n) is 1.85. The molecule has 5 heteroatoms. The molecule has 0 bridgehead atoms. The van der Waals surface area contributed by atoms with Crippen LogP contribution in [-0.2, 0) is 0 Å². The molecule has 15 heavy (non-hydrogen) atoms. The fourth-order valence-electron chi connectivity index (χ4n) is 1.13. The van der Waals surface area contributed by atoms with Crippen molar-refractivity contribution in [3.8, 4) is 10.6 Å². The molecule has 2 aromatic rings. The molecule has 2 rings (SSSR count). The van der Waals surface area contributed by atoms with E-state index in [0.717, 1.165) is 15.6 Å². The lowest BCUT2D eigenvalue weighted by Gasteiger charge is -1.95. The number of hydrogen-bond donors (Lipinski definition) is 0. The molecule has 0 saturated carbocycles. The summed E-state index contributed by atoms with van der Waals surface area (Å²) in [6.07, 6.45) is 0. The van der Waals surface area contributed by atoms with Crippen molar-refractivity contribution in [3.63, 3.8) is 0 Å². The number of alkyl halides is 1. The van der Waals surface area contributed by atoms with Crippen LogP contribution in [0.25, 0.3) is 10.6 Å². The van der Waals surface area contributed by atoms with Crippen molar-refractivity contribution in [2.45, 2.75) is 12.3 Å². The van der Waals surface area contributed by atoms with Crippen molar-refractivity contribution < 1.29 is 0 Å². The summed E-state index contributed by atoms with van der Waals surface area (Å²) in [6.45, 7) is 1.90. The normalized spacial score (nSPS) is 12.7. The molecule has 0 fully saturated rings. The van der Waals surface area contributed by atoms with Gasteiger partial charge in [0.1, 0.15) is 10.0 Å².